The molecule has 0 rings (SSSR count). The van der Waals surface area contributed by atoms with Gasteiger partial charge < -0.3 is 33.8 Å². The largest absolute Gasteiger partial charge is 0.472 e. The summed E-state index contributed by atoms with van der Waals surface area (Å²) in [5.74, 6) is 0.912. The lowest BCUT2D eigenvalue weighted by molar-refractivity contribution is -0.161. The number of hydrogen-bond acceptors (Lipinski definition) is 15. The average Bonchev–Trinajstić information content (AvgIpc) is 1.08. The third-order valence-electron chi connectivity index (χ3n) is 18.1. The van der Waals surface area contributed by atoms with Gasteiger partial charge in [-0.1, -0.05) is 344 Å². The molecule has 576 valence electrons. The molecule has 0 amide bonds. The first kappa shape index (κ1) is 95.1. The number of carbonyl (C=O) groups excluding carboxylic acids is 4. The highest BCUT2D eigenvalue weighted by atomic mass is 31.2. The number of esters is 4. The molecule has 0 heterocycles. The highest BCUT2D eigenvalue weighted by molar-refractivity contribution is 7.47. The van der Waals surface area contributed by atoms with E-state index in [2.05, 4.69) is 55.4 Å². The fourth-order valence-electron chi connectivity index (χ4n) is 11.9. The SMILES string of the molecule is CC(C)CCCCCCCCCCCCCCCCCCC(=O)O[C@H](COC(=O)CCCCCCCCCCCCCCCC(C)C)COP(=O)(O)OC[C@@H](O)COP(=O)(O)OC[C@@H](COC(=O)CCCCCCCCC(C)C)OC(=O)CCCCCCCCCCCCC(C)C. The second-order valence-electron chi connectivity index (χ2n) is 30.0. The highest BCUT2D eigenvalue weighted by Crippen LogP contribution is 2.45. The summed E-state index contributed by atoms with van der Waals surface area (Å²) in [5.41, 5.74) is 0. The Morgan fingerprint density at radius 3 is 0.639 bits per heavy atom. The Morgan fingerprint density at radius 1 is 0.258 bits per heavy atom. The third kappa shape index (κ3) is 72.2. The number of hydrogen-bond donors (Lipinski definition) is 3. The van der Waals surface area contributed by atoms with Gasteiger partial charge in [0, 0.05) is 25.7 Å². The van der Waals surface area contributed by atoms with Gasteiger partial charge in [0.1, 0.15) is 19.3 Å². The lowest BCUT2D eigenvalue weighted by atomic mass is 10.0. The van der Waals surface area contributed by atoms with E-state index in [4.69, 9.17) is 37.0 Å². The number of rotatable bonds is 75. The van der Waals surface area contributed by atoms with Crippen LogP contribution in [0.1, 0.15) is 396 Å². The van der Waals surface area contributed by atoms with E-state index in [1.165, 1.54) is 193 Å². The Balaban J connectivity index is 5.23. The van der Waals surface area contributed by atoms with Crippen molar-refractivity contribution in [1.29, 1.82) is 0 Å². The van der Waals surface area contributed by atoms with Crippen LogP contribution in [0.15, 0.2) is 0 Å². The molecule has 0 bridgehead atoms. The van der Waals surface area contributed by atoms with Gasteiger partial charge in [-0.2, -0.15) is 0 Å². The van der Waals surface area contributed by atoms with Crippen molar-refractivity contribution >= 4 is 39.5 Å². The fraction of sp³-hybridized carbons (Fsp3) is 0.949. The van der Waals surface area contributed by atoms with Crippen molar-refractivity contribution in [2.75, 3.05) is 39.6 Å². The van der Waals surface area contributed by atoms with Gasteiger partial charge >= 0.3 is 39.5 Å². The van der Waals surface area contributed by atoms with Crippen LogP contribution in [0, 0.1) is 23.7 Å². The summed E-state index contributed by atoms with van der Waals surface area (Å²) in [6.07, 6.45) is 52.9. The second-order valence-corrected chi connectivity index (χ2v) is 32.9. The van der Waals surface area contributed by atoms with E-state index in [0.717, 1.165) is 114 Å². The predicted octanol–water partition coefficient (Wildman–Crippen LogP) is 22.8. The normalized spacial score (nSPS) is 14.1. The first-order valence-electron chi connectivity index (χ1n) is 40.2. The zero-order valence-electron chi connectivity index (χ0n) is 63.7. The standard InChI is InChI=1S/C78H152O17P2/c1-68(2)54-46-38-30-24-18-14-11-9-10-12-16-21-28-34-44-52-60-77(82)94-73(64-88-75(80)58-50-42-33-27-20-17-13-15-19-25-31-39-47-55-69(3)4)66-92-96(84,85)90-62-72(79)63-91-97(86,87)93-67-74(65-89-76(81)59-51-43-37-36-41-49-57-71(7)8)95-78(83)61-53-45-35-29-23-22-26-32-40-48-56-70(5)6/h68-74,79H,9-67H2,1-8H3,(H,84,85)(H,86,87)/t72-,73-,74-/m1/s1. The van der Waals surface area contributed by atoms with Crippen molar-refractivity contribution in [2.45, 2.75) is 414 Å². The van der Waals surface area contributed by atoms with Crippen molar-refractivity contribution in [3.63, 3.8) is 0 Å². The molecular formula is C78H152O17P2. The van der Waals surface area contributed by atoms with Crippen LogP contribution in [-0.4, -0.2) is 96.7 Å². The van der Waals surface area contributed by atoms with Gasteiger partial charge in [0.05, 0.1) is 26.4 Å². The van der Waals surface area contributed by atoms with Crippen LogP contribution in [0.25, 0.3) is 0 Å². The number of carbonyl (C=O) groups is 4. The maximum absolute atomic E-state index is 13.1. The molecule has 0 fully saturated rings. The zero-order valence-corrected chi connectivity index (χ0v) is 65.5. The lowest BCUT2D eigenvalue weighted by Crippen LogP contribution is -2.30. The van der Waals surface area contributed by atoms with Crippen LogP contribution in [0.3, 0.4) is 0 Å². The molecule has 0 spiro atoms. The minimum Gasteiger partial charge on any atom is -0.462 e. The van der Waals surface area contributed by atoms with Crippen molar-refractivity contribution in [3.8, 4) is 0 Å². The van der Waals surface area contributed by atoms with Gasteiger partial charge in [-0.25, -0.2) is 9.13 Å². The lowest BCUT2D eigenvalue weighted by Gasteiger charge is -2.21. The van der Waals surface area contributed by atoms with Gasteiger partial charge in [-0.3, -0.25) is 37.3 Å². The van der Waals surface area contributed by atoms with E-state index in [-0.39, 0.29) is 25.7 Å². The maximum atomic E-state index is 13.1. The minimum atomic E-state index is -4.96. The number of ether oxygens (including phenoxy) is 4. The zero-order chi connectivity index (χ0) is 71.7. The third-order valence-corrected chi connectivity index (χ3v) is 20.0. The molecule has 0 saturated heterocycles. The van der Waals surface area contributed by atoms with Crippen LogP contribution in [0.5, 0.6) is 0 Å². The summed E-state index contributed by atoms with van der Waals surface area (Å²) < 4.78 is 68.6. The monoisotopic (exact) mass is 1420 g/mol. The van der Waals surface area contributed by atoms with Crippen LogP contribution in [0.2, 0.25) is 0 Å². The van der Waals surface area contributed by atoms with Crippen LogP contribution in [0.4, 0.5) is 0 Å². The van der Waals surface area contributed by atoms with Gasteiger partial charge in [0.2, 0.25) is 0 Å². The molecule has 2 unspecified atom stereocenters. The van der Waals surface area contributed by atoms with Crippen molar-refractivity contribution in [3.05, 3.63) is 0 Å². The number of aliphatic hydroxyl groups is 1. The van der Waals surface area contributed by atoms with Gasteiger partial charge in [0.15, 0.2) is 12.2 Å². The molecule has 19 heteroatoms. The second kappa shape index (κ2) is 67.2. The summed E-state index contributed by atoms with van der Waals surface area (Å²) in [4.78, 5) is 72.9. The Morgan fingerprint density at radius 2 is 0.433 bits per heavy atom. The topological polar surface area (TPSA) is 237 Å². The van der Waals surface area contributed by atoms with Crippen molar-refractivity contribution in [1.82, 2.24) is 0 Å². The van der Waals surface area contributed by atoms with Crippen LogP contribution in [-0.2, 0) is 65.4 Å². The summed E-state index contributed by atoms with van der Waals surface area (Å²) in [6, 6.07) is 0. The quantitative estimate of drug-likeness (QED) is 0.0222. The van der Waals surface area contributed by atoms with Gasteiger partial charge in [0.25, 0.3) is 0 Å². The van der Waals surface area contributed by atoms with E-state index >= 15 is 0 Å². The molecular weight excluding hydrogens is 1270 g/mol. The average molecular weight is 1420 g/mol. The molecule has 0 aromatic heterocycles. The summed E-state index contributed by atoms with van der Waals surface area (Å²) in [7, 11) is -9.92. The van der Waals surface area contributed by atoms with E-state index in [1.807, 2.05) is 0 Å². The Hall–Kier alpha value is -1.94. The molecule has 0 aliphatic heterocycles. The van der Waals surface area contributed by atoms with E-state index in [9.17, 15) is 43.2 Å². The first-order chi connectivity index (χ1) is 46.6. The molecule has 0 aliphatic rings. The summed E-state index contributed by atoms with van der Waals surface area (Å²) in [6.45, 7) is 14.2. The molecule has 3 N–H and O–H groups in total. The molecule has 0 saturated carbocycles. The highest BCUT2D eigenvalue weighted by Gasteiger charge is 2.30. The van der Waals surface area contributed by atoms with E-state index in [0.29, 0.717) is 31.6 Å². The van der Waals surface area contributed by atoms with Gasteiger partial charge in [-0.15, -0.1) is 0 Å². The maximum Gasteiger partial charge on any atom is 0.472 e. The molecule has 0 aromatic rings. The predicted molar refractivity (Wildman–Crippen MR) is 395 cm³/mol. The Labute approximate surface area is 594 Å². The van der Waals surface area contributed by atoms with Crippen molar-refractivity contribution in [2.24, 2.45) is 23.7 Å². The molecule has 97 heavy (non-hydrogen) atoms. The molecule has 0 aliphatic carbocycles. The van der Waals surface area contributed by atoms with Crippen LogP contribution >= 0.6 is 15.6 Å². The fourth-order valence-corrected chi connectivity index (χ4v) is 13.5. The molecule has 5 atom stereocenters. The van der Waals surface area contributed by atoms with E-state index < -0.39 is 97.5 Å². The van der Waals surface area contributed by atoms with Crippen LogP contribution < -0.4 is 0 Å². The molecule has 0 radical (unpaired) electrons. The van der Waals surface area contributed by atoms with Gasteiger partial charge in [-0.05, 0) is 49.4 Å². The first-order valence-corrected chi connectivity index (χ1v) is 43.2. The smallest absolute Gasteiger partial charge is 0.462 e. The van der Waals surface area contributed by atoms with E-state index in [1.54, 1.807) is 0 Å². The minimum absolute atomic E-state index is 0.105. The van der Waals surface area contributed by atoms with Crippen molar-refractivity contribution < 1.29 is 80.2 Å². The summed E-state index contributed by atoms with van der Waals surface area (Å²) in [5, 5.41) is 10.6. The molecule has 17 nitrogen and oxygen atoms in total. The number of unbranched alkanes of at least 4 members (excludes halogenated alkanes) is 41. The number of phosphoric acid groups is 2. The number of aliphatic hydroxyl groups excluding tert-OH is 1. The Kier molecular flexibility index (Phi) is 65.9. The summed E-state index contributed by atoms with van der Waals surface area (Å²) >= 11 is 0. The Bertz CT molecular complexity index is 1900. The number of phosphoric ester groups is 2. The molecule has 0 aromatic carbocycles.